The van der Waals surface area contributed by atoms with E-state index in [9.17, 15) is 19.8 Å². The third-order valence-electron chi connectivity index (χ3n) is 0.956. The number of carbonyl (C=O) groups is 2. The van der Waals surface area contributed by atoms with Crippen molar-refractivity contribution in [2.45, 2.75) is 12.2 Å². The molecule has 0 spiro atoms. The van der Waals surface area contributed by atoms with Gasteiger partial charge in [0.1, 0.15) is 12.2 Å². The Balaban J connectivity index is 0. The number of carboxylic acid groups (broad SMARTS) is 2. The molecule has 0 amide bonds. The number of carboxylic acids is 2. The Bertz CT molecular complexity index is 152. The minimum Gasteiger partial charge on any atom is -0.547 e. The maximum atomic E-state index is 9.75. The van der Waals surface area contributed by atoms with E-state index in [-0.39, 0.29) is 59.1 Å². The molecule has 0 aromatic rings. The Hall–Kier alpha value is 0.900. The summed E-state index contributed by atoms with van der Waals surface area (Å²) in [5, 5.41) is 19.5. The van der Waals surface area contributed by atoms with Gasteiger partial charge in [-0.1, -0.05) is 0 Å². The topological polar surface area (TPSA) is 92.8 Å². The first-order valence-corrected chi connectivity index (χ1v) is 2.20. The second kappa shape index (κ2) is 5.53. The molecule has 0 saturated carbocycles. The van der Waals surface area contributed by atoms with Gasteiger partial charge in [-0.3, -0.25) is 0 Å². The van der Waals surface area contributed by atoms with Crippen LogP contribution in [0.4, 0.5) is 0 Å². The van der Waals surface area contributed by atoms with Crippen LogP contribution in [0.15, 0.2) is 0 Å². The second-order valence-electron chi connectivity index (χ2n) is 1.62. The molecule has 1 rings (SSSR count). The number of rotatable bonds is 2. The van der Waals surface area contributed by atoms with Gasteiger partial charge in [-0.2, -0.15) is 0 Å². The normalized spacial score (nSPS) is 25.8. The summed E-state index contributed by atoms with van der Waals surface area (Å²) in [6.07, 6.45) is -2.59. The van der Waals surface area contributed by atoms with E-state index in [2.05, 4.69) is 4.74 Å². The molecule has 0 bridgehead atoms. The molecule has 0 unspecified atom stereocenters. The first kappa shape index (κ1) is 14.4. The van der Waals surface area contributed by atoms with Crippen molar-refractivity contribution in [3.63, 3.8) is 0 Å². The van der Waals surface area contributed by atoms with Gasteiger partial charge in [0.05, 0.1) is 11.9 Å². The van der Waals surface area contributed by atoms with Crippen LogP contribution >= 0.6 is 0 Å². The molecule has 1 heterocycles. The molecule has 1 aliphatic heterocycles. The summed E-state index contributed by atoms with van der Waals surface area (Å²) in [5.74, 6) is -3.02. The number of hydrogen-bond acceptors (Lipinski definition) is 5. The van der Waals surface area contributed by atoms with E-state index in [1.807, 2.05) is 0 Å². The largest absolute Gasteiger partial charge is 1.00 e. The van der Waals surface area contributed by atoms with Gasteiger partial charge in [-0.05, 0) is 0 Å². The van der Waals surface area contributed by atoms with Gasteiger partial charge >= 0.3 is 59.1 Å². The number of aliphatic carboxylic acids is 2. The fourth-order valence-corrected chi connectivity index (χ4v) is 0.471. The Labute approximate surface area is 107 Å². The first-order valence-electron chi connectivity index (χ1n) is 2.20. The van der Waals surface area contributed by atoms with Crippen molar-refractivity contribution in [2.75, 3.05) is 0 Å². The van der Waals surface area contributed by atoms with Gasteiger partial charge in [-0.25, -0.2) is 0 Å². The summed E-state index contributed by atoms with van der Waals surface area (Å²) < 4.78 is 4.12. The molecule has 1 aliphatic rings. The van der Waals surface area contributed by atoms with Crippen LogP contribution in [0.1, 0.15) is 0 Å². The van der Waals surface area contributed by atoms with Gasteiger partial charge in [0.2, 0.25) is 0 Å². The molecule has 0 aliphatic carbocycles. The fraction of sp³-hybridized carbons (Fsp3) is 0.500. The summed E-state index contributed by atoms with van der Waals surface area (Å²) in [6.45, 7) is 0. The molecule has 50 valence electrons. The molecule has 7 heteroatoms. The van der Waals surface area contributed by atoms with Crippen molar-refractivity contribution in [1.82, 2.24) is 0 Å². The fourth-order valence-electron chi connectivity index (χ4n) is 0.471. The summed E-state index contributed by atoms with van der Waals surface area (Å²) in [5.41, 5.74) is 0. The first-order chi connectivity index (χ1) is 4.13. The SMILES string of the molecule is O=C([O-])[C@@H]1O[C@H]1C(=O)[O-].[Na+].[Na+]. The van der Waals surface area contributed by atoms with E-state index in [1.165, 1.54) is 0 Å². The van der Waals surface area contributed by atoms with E-state index in [0.29, 0.717) is 0 Å². The molecular formula is C4H2Na2O5. The average molecular weight is 176 g/mol. The van der Waals surface area contributed by atoms with Crippen molar-refractivity contribution in [3.05, 3.63) is 0 Å². The Morgan fingerprint density at radius 1 is 1.00 bits per heavy atom. The van der Waals surface area contributed by atoms with Crippen molar-refractivity contribution in [2.24, 2.45) is 0 Å². The number of carbonyl (C=O) groups excluding carboxylic acids is 2. The van der Waals surface area contributed by atoms with Gasteiger partial charge in [0.25, 0.3) is 0 Å². The summed E-state index contributed by atoms with van der Waals surface area (Å²) >= 11 is 0. The third kappa shape index (κ3) is 3.89. The van der Waals surface area contributed by atoms with Crippen LogP contribution in [-0.2, 0) is 14.3 Å². The van der Waals surface area contributed by atoms with Crippen LogP contribution < -0.4 is 69.3 Å². The Morgan fingerprint density at radius 3 is 1.36 bits per heavy atom. The molecule has 5 nitrogen and oxygen atoms in total. The van der Waals surface area contributed by atoms with Crippen LogP contribution in [-0.4, -0.2) is 24.1 Å². The van der Waals surface area contributed by atoms with Gasteiger partial charge in [0.15, 0.2) is 0 Å². The smallest absolute Gasteiger partial charge is 0.547 e. The molecule has 1 fully saturated rings. The molecular weight excluding hydrogens is 174 g/mol. The molecule has 1 saturated heterocycles. The quantitative estimate of drug-likeness (QED) is 0.307. The molecule has 0 radical (unpaired) electrons. The zero-order valence-corrected chi connectivity index (χ0v) is 10.2. The maximum Gasteiger partial charge on any atom is 1.00 e. The predicted octanol–water partition coefficient (Wildman–Crippen LogP) is -9.74. The van der Waals surface area contributed by atoms with Gasteiger partial charge < -0.3 is 24.5 Å². The monoisotopic (exact) mass is 176 g/mol. The van der Waals surface area contributed by atoms with Crippen LogP contribution in [0, 0.1) is 0 Å². The van der Waals surface area contributed by atoms with E-state index < -0.39 is 24.1 Å². The zero-order valence-electron chi connectivity index (χ0n) is 6.20. The van der Waals surface area contributed by atoms with E-state index in [1.54, 1.807) is 0 Å². The number of ether oxygens (including phenoxy) is 1. The minimum atomic E-state index is -1.51. The van der Waals surface area contributed by atoms with Crippen molar-refractivity contribution in [3.8, 4) is 0 Å². The van der Waals surface area contributed by atoms with Gasteiger partial charge in [0, 0.05) is 0 Å². The Kier molecular flexibility index (Phi) is 7.25. The van der Waals surface area contributed by atoms with Crippen LogP contribution in [0.25, 0.3) is 0 Å². The molecule has 11 heavy (non-hydrogen) atoms. The summed E-state index contributed by atoms with van der Waals surface area (Å²) in [7, 11) is 0. The molecule has 2 atom stereocenters. The molecule has 0 N–H and O–H groups in total. The Morgan fingerprint density at radius 2 is 1.27 bits per heavy atom. The van der Waals surface area contributed by atoms with Crippen molar-refractivity contribution < 1.29 is 83.7 Å². The number of epoxide rings is 1. The zero-order chi connectivity index (χ0) is 7.02. The maximum absolute atomic E-state index is 9.75. The third-order valence-corrected chi connectivity index (χ3v) is 0.956. The second-order valence-corrected chi connectivity index (χ2v) is 1.62. The van der Waals surface area contributed by atoms with Crippen molar-refractivity contribution >= 4 is 11.9 Å². The van der Waals surface area contributed by atoms with E-state index in [0.717, 1.165) is 0 Å². The van der Waals surface area contributed by atoms with E-state index >= 15 is 0 Å². The van der Waals surface area contributed by atoms with Crippen LogP contribution in [0.5, 0.6) is 0 Å². The minimum absolute atomic E-state index is 0. The van der Waals surface area contributed by atoms with Gasteiger partial charge in [-0.15, -0.1) is 0 Å². The standard InChI is InChI=1S/C4H4O5.2Na/c5-3(6)1-2(9-1)4(7)8;;/h1-2H,(H,5,6)(H,7,8);;/q;2*+1/p-2/t1-,2-;;/m1../s1. The summed E-state index contributed by atoms with van der Waals surface area (Å²) in [6, 6.07) is 0. The average Bonchev–Trinajstić information content (AvgIpc) is 2.39. The number of hydrogen-bond donors (Lipinski definition) is 0. The summed E-state index contributed by atoms with van der Waals surface area (Å²) in [4.78, 5) is 19.5. The van der Waals surface area contributed by atoms with Crippen LogP contribution in [0.2, 0.25) is 0 Å². The molecule has 0 aromatic carbocycles. The van der Waals surface area contributed by atoms with E-state index in [4.69, 9.17) is 0 Å². The predicted molar refractivity (Wildman–Crippen MR) is 18.7 cm³/mol. The van der Waals surface area contributed by atoms with Crippen LogP contribution in [0.3, 0.4) is 0 Å². The molecule has 0 aromatic heterocycles. The van der Waals surface area contributed by atoms with Crippen molar-refractivity contribution in [1.29, 1.82) is 0 Å².